The van der Waals surface area contributed by atoms with Crippen molar-refractivity contribution in [3.8, 4) is 5.88 Å². The summed E-state index contributed by atoms with van der Waals surface area (Å²) in [4.78, 5) is 16.3. The Hall–Kier alpha value is -2.15. The highest BCUT2D eigenvalue weighted by molar-refractivity contribution is 7.10. The summed E-state index contributed by atoms with van der Waals surface area (Å²) in [5.74, 6) is 0.309. The summed E-state index contributed by atoms with van der Waals surface area (Å²) in [6.07, 6.45) is 1.55. The molecule has 20 heavy (non-hydrogen) atoms. The van der Waals surface area contributed by atoms with Crippen molar-refractivity contribution in [3.63, 3.8) is 0 Å². The molecule has 0 unspecified atom stereocenters. The molecule has 0 radical (unpaired) electrons. The number of hydrogen-bond donors (Lipinski definition) is 2. The van der Waals surface area contributed by atoms with Gasteiger partial charge in [0.05, 0.1) is 30.3 Å². The molecule has 0 saturated carbocycles. The first kappa shape index (κ1) is 14.3. The first-order chi connectivity index (χ1) is 9.65. The molecule has 0 bridgehead atoms. The third-order valence-corrected chi connectivity index (χ3v) is 3.53. The average molecular weight is 292 g/mol. The van der Waals surface area contributed by atoms with Crippen LogP contribution in [0.1, 0.15) is 23.0 Å². The van der Waals surface area contributed by atoms with Gasteiger partial charge >= 0.3 is 0 Å². The van der Waals surface area contributed by atoms with E-state index in [4.69, 9.17) is 4.74 Å². The zero-order valence-electron chi connectivity index (χ0n) is 11.6. The van der Waals surface area contributed by atoms with Crippen LogP contribution in [-0.2, 0) is 0 Å². The maximum Gasteiger partial charge on any atom is 0.260 e. The van der Waals surface area contributed by atoms with Crippen molar-refractivity contribution in [1.82, 2.24) is 9.36 Å². The van der Waals surface area contributed by atoms with Gasteiger partial charge in [-0.15, -0.1) is 0 Å². The van der Waals surface area contributed by atoms with Crippen LogP contribution in [0.5, 0.6) is 5.88 Å². The molecule has 0 saturated heterocycles. The number of aryl methyl sites for hydroxylation is 1. The van der Waals surface area contributed by atoms with Crippen LogP contribution in [0.25, 0.3) is 0 Å². The Morgan fingerprint density at radius 3 is 2.85 bits per heavy atom. The quantitative estimate of drug-likeness (QED) is 0.885. The monoisotopic (exact) mass is 292 g/mol. The van der Waals surface area contributed by atoms with Gasteiger partial charge in [-0.05, 0) is 31.4 Å². The molecule has 6 nitrogen and oxygen atoms in total. The molecule has 0 aromatic carbocycles. The molecule has 0 fully saturated rings. The fourth-order valence-electron chi connectivity index (χ4n) is 1.69. The van der Waals surface area contributed by atoms with Crippen LogP contribution in [0.2, 0.25) is 0 Å². The molecule has 0 spiro atoms. The van der Waals surface area contributed by atoms with E-state index >= 15 is 0 Å². The minimum Gasteiger partial charge on any atom is -0.481 e. The summed E-state index contributed by atoms with van der Waals surface area (Å²) < 4.78 is 9.18. The second kappa shape index (κ2) is 6.33. The number of nitrogens with zero attached hydrogens (tertiary/aromatic N) is 2. The topological polar surface area (TPSA) is 76.1 Å². The van der Waals surface area contributed by atoms with Crippen molar-refractivity contribution in [3.05, 3.63) is 29.6 Å². The Morgan fingerprint density at radius 1 is 1.45 bits per heavy atom. The molecule has 1 amide bonds. The molecule has 0 aliphatic rings. The van der Waals surface area contributed by atoms with Crippen LogP contribution in [0.15, 0.2) is 18.3 Å². The third-order valence-electron chi connectivity index (χ3n) is 2.63. The zero-order valence-corrected chi connectivity index (χ0v) is 12.4. The molecule has 2 heterocycles. The number of nitrogens with one attached hydrogen (secondary N) is 2. The summed E-state index contributed by atoms with van der Waals surface area (Å²) in [6, 6.07) is 3.44. The standard InChI is InChI=1S/C13H16N4O2S/c1-4-14-13-11(8(2)17-20-13)12(18)16-9-5-6-10(19-3)15-7-9/h5-7,14H,4H2,1-3H3,(H,16,18). The predicted octanol–water partition coefficient (Wildman–Crippen LogP) is 2.54. The summed E-state index contributed by atoms with van der Waals surface area (Å²) in [5.41, 5.74) is 1.90. The van der Waals surface area contributed by atoms with E-state index in [1.807, 2.05) is 13.8 Å². The molecule has 2 aromatic rings. The largest absolute Gasteiger partial charge is 0.481 e. The molecule has 2 N–H and O–H groups in total. The van der Waals surface area contributed by atoms with Gasteiger partial charge in [0.15, 0.2) is 0 Å². The van der Waals surface area contributed by atoms with Crippen molar-refractivity contribution >= 4 is 28.1 Å². The van der Waals surface area contributed by atoms with Crippen LogP contribution in [0.3, 0.4) is 0 Å². The number of aromatic nitrogens is 2. The van der Waals surface area contributed by atoms with E-state index in [2.05, 4.69) is 20.0 Å². The van der Waals surface area contributed by atoms with Gasteiger partial charge in [0, 0.05) is 12.6 Å². The fraction of sp³-hybridized carbons (Fsp3) is 0.308. The minimum absolute atomic E-state index is 0.195. The average Bonchev–Trinajstić information content (AvgIpc) is 2.81. The van der Waals surface area contributed by atoms with E-state index in [0.717, 1.165) is 11.5 Å². The number of ether oxygens (including phenoxy) is 1. The first-order valence-corrected chi connectivity index (χ1v) is 6.94. The lowest BCUT2D eigenvalue weighted by molar-refractivity contribution is 0.102. The Kier molecular flexibility index (Phi) is 4.52. The lowest BCUT2D eigenvalue weighted by atomic mass is 10.2. The van der Waals surface area contributed by atoms with Crippen LogP contribution in [0, 0.1) is 6.92 Å². The third kappa shape index (κ3) is 3.05. The Balaban J connectivity index is 2.16. The van der Waals surface area contributed by atoms with E-state index in [1.54, 1.807) is 25.4 Å². The van der Waals surface area contributed by atoms with Gasteiger partial charge in [-0.1, -0.05) is 0 Å². The van der Waals surface area contributed by atoms with Crippen LogP contribution in [-0.4, -0.2) is 28.9 Å². The Bertz CT molecular complexity index is 595. The number of hydrogen-bond acceptors (Lipinski definition) is 6. The predicted molar refractivity (Wildman–Crippen MR) is 79.8 cm³/mol. The van der Waals surface area contributed by atoms with Crippen molar-refractivity contribution in [1.29, 1.82) is 0 Å². The molecule has 0 atom stereocenters. The number of anilines is 2. The molecule has 2 rings (SSSR count). The molecule has 2 aromatic heterocycles. The maximum absolute atomic E-state index is 12.3. The number of methoxy groups -OCH3 is 1. The van der Waals surface area contributed by atoms with Gasteiger partial charge in [0.1, 0.15) is 5.00 Å². The van der Waals surface area contributed by atoms with Gasteiger partial charge in [0.25, 0.3) is 5.91 Å². The smallest absolute Gasteiger partial charge is 0.260 e. The van der Waals surface area contributed by atoms with Crippen molar-refractivity contribution in [2.24, 2.45) is 0 Å². The normalized spacial score (nSPS) is 10.2. The molecule has 0 aliphatic heterocycles. The Labute approximate surface area is 121 Å². The van der Waals surface area contributed by atoms with Crippen LogP contribution in [0.4, 0.5) is 10.7 Å². The summed E-state index contributed by atoms with van der Waals surface area (Å²) >= 11 is 1.29. The summed E-state index contributed by atoms with van der Waals surface area (Å²) in [7, 11) is 1.55. The lowest BCUT2D eigenvalue weighted by Gasteiger charge is -2.07. The van der Waals surface area contributed by atoms with E-state index in [-0.39, 0.29) is 5.91 Å². The zero-order chi connectivity index (χ0) is 14.5. The van der Waals surface area contributed by atoms with Crippen LogP contribution < -0.4 is 15.4 Å². The van der Waals surface area contributed by atoms with E-state index < -0.39 is 0 Å². The first-order valence-electron chi connectivity index (χ1n) is 6.17. The molecule has 7 heteroatoms. The van der Waals surface area contributed by atoms with Crippen molar-refractivity contribution < 1.29 is 9.53 Å². The number of pyridine rings is 1. The van der Waals surface area contributed by atoms with Gasteiger partial charge in [0.2, 0.25) is 5.88 Å². The molecular weight excluding hydrogens is 276 g/mol. The van der Waals surface area contributed by atoms with Gasteiger partial charge in [-0.25, -0.2) is 4.98 Å². The molecule has 106 valence electrons. The number of carbonyl (C=O) groups is 1. The SMILES string of the molecule is CCNc1snc(C)c1C(=O)Nc1ccc(OC)nc1. The van der Waals surface area contributed by atoms with Gasteiger partial charge in [-0.2, -0.15) is 4.37 Å². The van der Waals surface area contributed by atoms with Gasteiger partial charge in [-0.3, -0.25) is 4.79 Å². The molecule has 0 aliphatic carbocycles. The molecular formula is C13H16N4O2S. The number of carbonyl (C=O) groups excluding carboxylic acids is 1. The second-order valence-electron chi connectivity index (χ2n) is 4.05. The summed E-state index contributed by atoms with van der Waals surface area (Å²) in [5, 5.41) is 6.73. The highest BCUT2D eigenvalue weighted by Gasteiger charge is 2.18. The van der Waals surface area contributed by atoms with E-state index in [0.29, 0.717) is 22.8 Å². The second-order valence-corrected chi connectivity index (χ2v) is 4.82. The minimum atomic E-state index is -0.195. The Morgan fingerprint density at radius 2 is 2.25 bits per heavy atom. The number of rotatable bonds is 5. The number of amides is 1. The maximum atomic E-state index is 12.3. The van der Waals surface area contributed by atoms with E-state index in [9.17, 15) is 4.79 Å². The van der Waals surface area contributed by atoms with Crippen LogP contribution >= 0.6 is 11.5 Å². The van der Waals surface area contributed by atoms with E-state index in [1.165, 1.54) is 11.5 Å². The van der Waals surface area contributed by atoms with Crippen molar-refractivity contribution in [2.45, 2.75) is 13.8 Å². The van der Waals surface area contributed by atoms with Crippen molar-refractivity contribution in [2.75, 3.05) is 24.3 Å². The highest BCUT2D eigenvalue weighted by atomic mass is 32.1. The highest BCUT2D eigenvalue weighted by Crippen LogP contribution is 2.25. The lowest BCUT2D eigenvalue weighted by Crippen LogP contribution is -2.14. The summed E-state index contributed by atoms with van der Waals surface area (Å²) in [6.45, 7) is 4.54. The fourth-order valence-corrected chi connectivity index (χ4v) is 2.55. The van der Waals surface area contributed by atoms with Gasteiger partial charge < -0.3 is 15.4 Å².